The van der Waals surface area contributed by atoms with Crippen molar-refractivity contribution in [1.82, 2.24) is 19.7 Å². The van der Waals surface area contributed by atoms with Crippen LogP contribution in [0.15, 0.2) is 23.6 Å². The fourth-order valence-electron chi connectivity index (χ4n) is 4.02. The highest BCUT2D eigenvalue weighted by atomic mass is 32.1. The standard InChI is InChI=1S/C23H34N4O2S/c1-4-8-24-23(29)17-26-12-10-25(11-13-26)16-22(28)21-15-18(2)27(19(21)3)9-7-20-6-5-14-30-20/h5-6,14-15H,4,7-13,16-17H2,1-3H3,(H,24,29). The second-order valence-corrected chi connectivity index (χ2v) is 9.12. The lowest BCUT2D eigenvalue weighted by Gasteiger charge is -2.33. The predicted octanol–water partition coefficient (Wildman–Crippen LogP) is 2.74. The lowest BCUT2D eigenvalue weighted by molar-refractivity contribution is -0.122. The molecule has 1 aliphatic heterocycles. The number of piperazine rings is 1. The first kappa shape index (κ1) is 22.7. The Balaban J connectivity index is 1.49. The van der Waals surface area contributed by atoms with Gasteiger partial charge >= 0.3 is 0 Å². The second kappa shape index (κ2) is 10.9. The van der Waals surface area contributed by atoms with Gasteiger partial charge in [-0.15, -0.1) is 11.3 Å². The zero-order valence-corrected chi connectivity index (χ0v) is 19.3. The molecule has 0 spiro atoms. The molecule has 0 aliphatic carbocycles. The number of thiophene rings is 1. The third-order valence-electron chi connectivity index (χ3n) is 5.81. The van der Waals surface area contributed by atoms with Gasteiger partial charge in [0.25, 0.3) is 0 Å². The van der Waals surface area contributed by atoms with Gasteiger partial charge in [-0.3, -0.25) is 19.4 Å². The van der Waals surface area contributed by atoms with Crippen LogP contribution in [-0.4, -0.2) is 71.9 Å². The molecule has 1 saturated heterocycles. The Morgan fingerprint density at radius 2 is 1.80 bits per heavy atom. The van der Waals surface area contributed by atoms with Gasteiger partial charge in [0.05, 0.1) is 13.1 Å². The number of carbonyl (C=O) groups is 2. The molecule has 0 atom stereocenters. The Kier molecular flexibility index (Phi) is 8.24. The molecule has 0 radical (unpaired) electrons. The van der Waals surface area contributed by atoms with Gasteiger partial charge in [0.15, 0.2) is 5.78 Å². The maximum atomic E-state index is 13.0. The van der Waals surface area contributed by atoms with E-state index in [1.807, 2.05) is 6.07 Å². The van der Waals surface area contributed by atoms with Crippen molar-refractivity contribution in [3.05, 3.63) is 45.4 Å². The van der Waals surface area contributed by atoms with Gasteiger partial charge in [-0.05, 0) is 44.2 Å². The minimum Gasteiger partial charge on any atom is -0.355 e. The van der Waals surface area contributed by atoms with E-state index in [0.717, 1.165) is 69.1 Å². The Hall–Kier alpha value is -1.96. The van der Waals surface area contributed by atoms with E-state index < -0.39 is 0 Å². The second-order valence-electron chi connectivity index (χ2n) is 8.09. The zero-order chi connectivity index (χ0) is 21.5. The number of rotatable bonds is 10. The number of nitrogens with one attached hydrogen (secondary N) is 1. The fourth-order valence-corrected chi connectivity index (χ4v) is 4.72. The van der Waals surface area contributed by atoms with Gasteiger partial charge < -0.3 is 9.88 Å². The summed E-state index contributed by atoms with van der Waals surface area (Å²) in [6.45, 7) is 12.0. The minimum atomic E-state index is 0.0939. The van der Waals surface area contributed by atoms with E-state index in [9.17, 15) is 9.59 Å². The summed E-state index contributed by atoms with van der Waals surface area (Å²) in [5.41, 5.74) is 3.07. The van der Waals surface area contributed by atoms with Gasteiger partial charge in [-0.1, -0.05) is 13.0 Å². The average Bonchev–Trinajstić information content (AvgIpc) is 3.34. The average molecular weight is 431 g/mol. The number of ketones is 1. The van der Waals surface area contributed by atoms with Gasteiger partial charge in [0.2, 0.25) is 5.91 Å². The van der Waals surface area contributed by atoms with E-state index in [-0.39, 0.29) is 11.7 Å². The molecule has 2 aromatic rings. The molecule has 6 nitrogen and oxygen atoms in total. The number of amides is 1. The molecular weight excluding hydrogens is 396 g/mol. The molecule has 1 N–H and O–H groups in total. The number of hydrogen-bond acceptors (Lipinski definition) is 5. The highest BCUT2D eigenvalue weighted by Crippen LogP contribution is 2.19. The van der Waals surface area contributed by atoms with Crippen LogP contribution in [0.3, 0.4) is 0 Å². The normalized spacial score (nSPS) is 15.4. The van der Waals surface area contributed by atoms with E-state index in [0.29, 0.717) is 13.1 Å². The first-order chi connectivity index (χ1) is 14.5. The van der Waals surface area contributed by atoms with Crippen LogP contribution in [-0.2, 0) is 17.8 Å². The number of Topliss-reactive ketones (excluding diaryl/α,β-unsaturated/α-hetero) is 1. The summed E-state index contributed by atoms with van der Waals surface area (Å²) < 4.78 is 2.26. The monoisotopic (exact) mass is 430 g/mol. The topological polar surface area (TPSA) is 57.6 Å². The highest BCUT2D eigenvalue weighted by molar-refractivity contribution is 7.09. The van der Waals surface area contributed by atoms with E-state index in [1.54, 1.807) is 11.3 Å². The van der Waals surface area contributed by atoms with Gasteiger partial charge in [-0.2, -0.15) is 0 Å². The Labute approximate surface area is 183 Å². The summed E-state index contributed by atoms with van der Waals surface area (Å²) in [5.74, 6) is 0.288. The van der Waals surface area contributed by atoms with Crippen molar-refractivity contribution in [2.75, 3.05) is 45.8 Å². The Morgan fingerprint density at radius 1 is 1.10 bits per heavy atom. The first-order valence-electron chi connectivity index (χ1n) is 10.9. The SMILES string of the molecule is CCCNC(=O)CN1CCN(CC(=O)c2cc(C)n(CCc3cccs3)c2C)CC1. The van der Waals surface area contributed by atoms with Crippen LogP contribution >= 0.6 is 11.3 Å². The van der Waals surface area contributed by atoms with Crippen molar-refractivity contribution in [2.45, 2.75) is 40.2 Å². The lowest BCUT2D eigenvalue weighted by Crippen LogP contribution is -2.50. The third-order valence-corrected chi connectivity index (χ3v) is 6.74. The van der Waals surface area contributed by atoms with E-state index in [1.165, 1.54) is 4.88 Å². The summed E-state index contributed by atoms with van der Waals surface area (Å²) in [5, 5.41) is 5.04. The quantitative estimate of drug-likeness (QED) is 0.589. The van der Waals surface area contributed by atoms with Crippen LogP contribution in [0.4, 0.5) is 0 Å². The van der Waals surface area contributed by atoms with Crippen LogP contribution in [0.1, 0.15) is 40.0 Å². The van der Waals surface area contributed by atoms with Crippen molar-refractivity contribution >= 4 is 23.0 Å². The molecular formula is C23H34N4O2S. The number of carbonyl (C=O) groups excluding carboxylic acids is 2. The van der Waals surface area contributed by atoms with Crippen LogP contribution in [0.25, 0.3) is 0 Å². The maximum Gasteiger partial charge on any atom is 0.234 e. The molecule has 0 bridgehead atoms. The molecule has 164 valence electrons. The Bertz CT molecular complexity index is 836. The number of hydrogen-bond donors (Lipinski definition) is 1. The van der Waals surface area contributed by atoms with Crippen molar-refractivity contribution in [2.24, 2.45) is 0 Å². The molecule has 0 aromatic carbocycles. The molecule has 2 aromatic heterocycles. The molecule has 0 unspecified atom stereocenters. The molecule has 30 heavy (non-hydrogen) atoms. The van der Waals surface area contributed by atoms with Gasteiger partial charge in [0.1, 0.15) is 0 Å². The summed E-state index contributed by atoms with van der Waals surface area (Å²) in [6, 6.07) is 6.29. The van der Waals surface area contributed by atoms with Gasteiger partial charge in [-0.25, -0.2) is 0 Å². The summed E-state index contributed by atoms with van der Waals surface area (Å²) in [6.07, 6.45) is 1.95. The molecule has 1 aliphatic rings. The smallest absolute Gasteiger partial charge is 0.234 e. The molecule has 0 saturated carbocycles. The van der Waals surface area contributed by atoms with Crippen LogP contribution in [0.2, 0.25) is 0 Å². The predicted molar refractivity (Wildman–Crippen MR) is 122 cm³/mol. The van der Waals surface area contributed by atoms with E-state index in [4.69, 9.17) is 0 Å². The maximum absolute atomic E-state index is 13.0. The van der Waals surface area contributed by atoms with Crippen molar-refractivity contribution in [3.63, 3.8) is 0 Å². The summed E-state index contributed by atoms with van der Waals surface area (Å²) in [7, 11) is 0. The van der Waals surface area contributed by atoms with E-state index >= 15 is 0 Å². The lowest BCUT2D eigenvalue weighted by atomic mass is 10.1. The molecule has 3 rings (SSSR count). The molecule has 1 fully saturated rings. The van der Waals surface area contributed by atoms with Crippen molar-refractivity contribution in [3.8, 4) is 0 Å². The fraction of sp³-hybridized carbons (Fsp3) is 0.565. The minimum absolute atomic E-state index is 0.0939. The summed E-state index contributed by atoms with van der Waals surface area (Å²) in [4.78, 5) is 30.6. The van der Waals surface area contributed by atoms with Crippen LogP contribution < -0.4 is 5.32 Å². The Morgan fingerprint density at radius 3 is 2.43 bits per heavy atom. The summed E-state index contributed by atoms with van der Waals surface area (Å²) >= 11 is 1.78. The molecule has 3 heterocycles. The number of aryl methyl sites for hydroxylation is 2. The van der Waals surface area contributed by atoms with Crippen molar-refractivity contribution < 1.29 is 9.59 Å². The number of nitrogens with zero attached hydrogens (tertiary/aromatic N) is 3. The zero-order valence-electron chi connectivity index (χ0n) is 18.4. The van der Waals surface area contributed by atoms with Crippen molar-refractivity contribution in [1.29, 1.82) is 0 Å². The number of aromatic nitrogens is 1. The van der Waals surface area contributed by atoms with Crippen LogP contribution in [0.5, 0.6) is 0 Å². The first-order valence-corrected chi connectivity index (χ1v) is 11.8. The van der Waals surface area contributed by atoms with E-state index in [2.05, 4.69) is 58.0 Å². The third kappa shape index (κ3) is 6.03. The highest BCUT2D eigenvalue weighted by Gasteiger charge is 2.23. The molecule has 1 amide bonds. The van der Waals surface area contributed by atoms with Crippen LogP contribution in [0, 0.1) is 13.8 Å². The molecule has 7 heteroatoms. The largest absolute Gasteiger partial charge is 0.355 e. The van der Waals surface area contributed by atoms with Gasteiger partial charge in [0, 0.05) is 61.1 Å².